The van der Waals surface area contributed by atoms with Crippen LogP contribution < -0.4 is 5.32 Å². The van der Waals surface area contributed by atoms with Gasteiger partial charge in [0.05, 0.1) is 17.7 Å². The number of benzene rings is 2. The zero-order chi connectivity index (χ0) is 19.3. The summed E-state index contributed by atoms with van der Waals surface area (Å²) in [5.74, 6) is -0.0561. The first-order chi connectivity index (χ1) is 12.9. The molecule has 0 fully saturated rings. The first-order valence-corrected chi connectivity index (χ1v) is 9.22. The smallest absolute Gasteiger partial charge is 0.355 e. The Morgan fingerprint density at radius 3 is 2.41 bits per heavy atom. The summed E-state index contributed by atoms with van der Waals surface area (Å²) in [5, 5.41) is 5.37. The molecule has 0 saturated heterocycles. The zero-order valence-electron chi connectivity index (χ0n) is 14.3. The second kappa shape index (κ2) is 8.35. The number of hydrogen-bond acceptors (Lipinski definition) is 3. The molecule has 140 valence electrons. The van der Waals surface area contributed by atoms with Crippen molar-refractivity contribution in [3.8, 4) is 10.6 Å². The van der Waals surface area contributed by atoms with Crippen molar-refractivity contribution in [1.29, 1.82) is 0 Å². The van der Waals surface area contributed by atoms with Crippen molar-refractivity contribution in [1.82, 2.24) is 10.3 Å². The third kappa shape index (κ3) is 5.40. The second-order valence-electron chi connectivity index (χ2n) is 5.98. The van der Waals surface area contributed by atoms with Crippen LogP contribution in [0.2, 0.25) is 0 Å². The largest absolute Gasteiger partial charge is 0.416 e. The molecule has 0 aliphatic carbocycles. The molecule has 0 unspecified atom stereocenters. The number of carbonyl (C=O) groups is 1. The van der Waals surface area contributed by atoms with Gasteiger partial charge in [-0.25, -0.2) is 4.98 Å². The minimum absolute atomic E-state index is 0.0561. The van der Waals surface area contributed by atoms with Crippen molar-refractivity contribution in [3.05, 3.63) is 76.8 Å². The number of halogens is 3. The van der Waals surface area contributed by atoms with Gasteiger partial charge in [-0.15, -0.1) is 11.3 Å². The average molecular weight is 390 g/mol. The fraction of sp³-hybridized carbons (Fsp3) is 0.200. The van der Waals surface area contributed by atoms with Crippen LogP contribution >= 0.6 is 11.3 Å². The Morgan fingerprint density at radius 1 is 1.04 bits per heavy atom. The van der Waals surface area contributed by atoms with Gasteiger partial charge in [0.15, 0.2) is 0 Å². The van der Waals surface area contributed by atoms with Gasteiger partial charge in [-0.2, -0.15) is 13.2 Å². The molecule has 3 nitrogen and oxygen atoms in total. The lowest BCUT2D eigenvalue weighted by Crippen LogP contribution is -2.27. The summed E-state index contributed by atoms with van der Waals surface area (Å²) in [5.41, 5.74) is 1.72. The monoisotopic (exact) mass is 390 g/mol. The summed E-state index contributed by atoms with van der Waals surface area (Å²) in [7, 11) is 0. The van der Waals surface area contributed by atoms with E-state index in [2.05, 4.69) is 10.3 Å². The topological polar surface area (TPSA) is 42.0 Å². The summed E-state index contributed by atoms with van der Waals surface area (Å²) in [6.07, 6.45) is -3.45. The maximum absolute atomic E-state index is 12.6. The lowest BCUT2D eigenvalue weighted by molar-refractivity contribution is -0.137. The molecule has 7 heteroatoms. The van der Waals surface area contributed by atoms with Crippen LogP contribution in [0.5, 0.6) is 0 Å². The minimum Gasteiger partial charge on any atom is -0.355 e. The molecule has 0 aliphatic heterocycles. The summed E-state index contributed by atoms with van der Waals surface area (Å²) < 4.78 is 37.9. The van der Waals surface area contributed by atoms with Gasteiger partial charge in [0.25, 0.3) is 0 Å². The molecule has 27 heavy (non-hydrogen) atoms. The van der Waals surface area contributed by atoms with Gasteiger partial charge >= 0.3 is 6.18 Å². The highest BCUT2D eigenvalue weighted by atomic mass is 32.1. The van der Waals surface area contributed by atoms with Crippen molar-refractivity contribution in [2.24, 2.45) is 0 Å². The average Bonchev–Trinajstić information content (AvgIpc) is 3.11. The van der Waals surface area contributed by atoms with Crippen LogP contribution in [0, 0.1) is 0 Å². The van der Waals surface area contributed by atoms with E-state index in [9.17, 15) is 18.0 Å². The van der Waals surface area contributed by atoms with Crippen LogP contribution in [-0.4, -0.2) is 17.4 Å². The molecule has 3 aromatic rings. The number of hydrogen-bond donors (Lipinski definition) is 1. The van der Waals surface area contributed by atoms with Gasteiger partial charge in [-0.3, -0.25) is 4.79 Å². The fourth-order valence-corrected chi connectivity index (χ4v) is 3.39. The number of nitrogens with one attached hydrogen (secondary N) is 1. The van der Waals surface area contributed by atoms with Crippen LogP contribution in [0.15, 0.2) is 60.0 Å². The molecule has 1 N–H and O–H groups in total. The van der Waals surface area contributed by atoms with Crippen molar-refractivity contribution >= 4 is 17.2 Å². The number of alkyl halides is 3. The zero-order valence-corrected chi connectivity index (χ0v) is 15.1. The Balaban J connectivity index is 1.51. The van der Waals surface area contributed by atoms with Crippen LogP contribution in [0.1, 0.15) is 16.8 Å². The van der Waals surface area contributed by atoms with Gasteiger partial charge in [0.1, 0.15) is 5.01 Å². The van der Waals surface area contributed by atoms with Gasteiger partial charge in [-0.05, 0) is 17.7 Å². The Hall–Kier alpha value is -2.67. The fourth-order valence-electron chi connectivity index (χ4n) is 2.53. The third-order valence-electron chi connectivity index (χ3n) is 3.92. The molecule has 0 radical (unpaired) electrons. The predicted octanol–water partition coefficient (Wildman–Crippen LogP) is 4.73. The second-order valence-corrected chi connectivity index (χ2v) is 6.84. The SMILES string of the molecule is O=C(Cc1ccccc1)NCCc1csc(-c2ccc(C(F)(F)F)cc2)n1. The maximum atomic E-state index is 12.6. The standard InChI is InChI=1S/C20H17F3N2OS/c21-20(22,23)16-8-6-15(7-9-16)19-25-17(13-27-19)10-11-24-18(26)12-14-4-2-1-3-5-14/h1-9,13H,10-12H2,(H,24,26). The number of thiazole rings is 1. The van der Waals surface area contributed by atoms with E-state index in [4.69, 9.17) is 0 Å². The number of carbonyl (C=O) groups excluding carboxylic acids is 1. The van der Waals surface area contributed by atoms with E-state index >= 15 is 0 Å². The van der Waals surface area contributed by atoms with Gasteiger partial charge in [0, 0.05) is 23.9 Å². The molecular formula is C20H17F3N2OS. The maximum Gasteiger partial charge on any atom is 0.416 e. The lowest BCUT2D eigenvalue weighted by atomic mass is 10.1. The molecule has 0 saturated carbocycles. The lowest BCUT2D eigenvalue weighted by Gasteiger charge is -2.06. The van der Waals surface area contributed by atoms with Gasteiger partial charge in [-0.1, -0.05) is 42.5 Å². The normalized spacial score (nSPS) is 11.4. The number of amides is 1. The van der Waals surface area contributed by atoms with E-state index < -0.39 is 11.7 Å². The highest BCUT2D eigenvalue weighted by Crippen LogP contribution is 2.31. The van der Waals surface area contributed by atoms with Crippen LogP contribution in [0.4, 0.5) is 13.2 Å². The van der Waals surface area contributed by atoms with Crippen molar-refractivity contribution in [3.63, 3.8) is 0 Å². The molecule has 1 heterocycles. The molecule has 3 rings (SSSR count). The highest BCUT2D eigenvalue weighted by Gasteiger charge is 2.30. The number of rotatable bonds is 6. The first-order valence-electron chi connectivity index (χ1n) is 8.34. The van der Waals surface area contributed by atoms with Crippen LogP contribution in [-0.2, 0) is 23.8 Å². The molecule has 0 spiro atoms. The predicted molar refractivity (Wildman–Crippen MR) is 99.4 cm³/mol. The summed E-state index contributed by atoms with van der Waals surface area (Å²) in [6, 6.07) is 14.4. The Bertz CT molecular complexity index is 890. The van der Waals surface area contributed by atoms with Gasteiger partial charge < -0.3 is 5.32 Å². The Morgan fingerprint density at radius 2 is 1.74 bits per heavy atom. The molecule has 2 aromatic carbocycles. The van der Waals surface area contributed by atoms with E-state index in [1.165, 1.54) is 23.5 Å². The minimum atomic E-state index is -4.34. The molecule has 0 aliphatic rings. The van der Waals surface area contributed by atoms with Crippen molar-refractivity contribution < 1.29 is 18.0 Å². The Labute approximate surface area is 158 Å². The molecule has 0 atom stereocenters. The third-order valence-corrected chi connectivity index (χ3v) is 4.86. The van der Waals surface area contributed by atoms with E-state index in [1.807, 2.05) is 35.7 Å². The number of nitrogens with zero attached hydrogens (tertiary/aromatic N) is 1. The van der Waals surface area contributed by atoms with Crippen LogP contribution in [0.3, 0.4) is 0 Å². The van der Waals surface area contributed by atoms with Gasteiger partial charge in [0.2, 0.25) is 5.91 Å². The van der Waals surface area contributed by atoms with E-state index in [0.717, 1.165) is 23.4 Å². The molecular weight excluding hydrogens is 373 g/mol. The Kier molecular flexibility index (Phi) is 5.91. The van der Waals surface area contributed by atoms with E-state index in [-0.39, 0.29) is 5.91 Å². The summed E-state index contributed by atoms with van der Waals surface area (Å²) in [6.45, 7) is 0.460. The molecule has 1 amide bonds. The summed E-state index contributed by atoms with van der Waals surface area (Å²) >= 11 is 1.37. The van der Waals surface area contributed by atoms with Crippen LogP contribution in [0.25, 0.3) is 10.6 Å². The highest BCUT2D eigenvalue weighted by molar-refractivity contribution is 7.13. The first kappa shape index (κ1) is 19.1. The molecule has 0 bridgehead atoms. The quantitative estimate of drug-likeness (QED) is 0.661. The molecule has 1 aromatic heterocycles. The number of aromatic nitrogens is 1. The van der Waals surface area contributed by atoms with E-state index in [0.29, 0.717) is 30.0 Å². The summed E-state index contributed by atoms with van der Waals surface area (Å²) in [4.78, 5) is 16.4. The van der Waals surface area contributed by atoms with Crippen molar-refractivity contribution in [2.75, 3.05) is 6.54 Å². The van der Waals surface area contributed by atoms with Crippen molar-refractivity contribution in [2.45, 2.75) is 19.0 Å². The van der Waals surface area contributed by atoms with E-state index in [1.54, 1.807) is 0 Å².